The first-order chi connectivity index (χ1) is 17.6. The molecule has 0 unspecified atom stereocenters. The van der Waals surface area contributed by atoms with Crippen LogP contribution in [0.5, 0.6) is 0 Å². The second-order valence-corrected chi connectivity index (χ2v) is 8.65. The fourth-order valence-electron chi connectivity index (χ4n) is 3.92. The van der Waals surface area contributed by atoms with Gasteiger partial charge in [0.2, 0.25) is 5.91 Å². The first-order valence-corrected chi connectivity index (χ1v) is 11.4. The lowest BCUT2D eigenvalue weighted by Crippen LogP contribution is -2.17. The van der Waals surface area contributed by atoms with Crippen LogP contribution in [0, 0.1) is 5.92 Å². The van der Waals surface area contributed by atoms with Crippen molar-refractivity contribution in [2.45, 2.75) is 13.8 Å². The van der Waals surface area contributed by atoms with Crippen molar-refractivity contribution in [3.63, 3.8) is 0 Å². The van der Waals surface area contributed by atoms with E-state index in [9.17, 15) is 4.79 Å². The lowest BCUT2D eigenvalue weighted by molar-refractivity contribution is -0.118. The first-order valence-electron chi connectivity index (χ1n) is 11.4. The normalized spacial score (nSPS) is 11.4. The highest BCUT2D eigenvalue weighted by molar-refractivity contribution is 5.95. The van der Waals surface area contributed by atoms with Crippen molar-refractivity contribution in [3.8, 4) is 34.0 Å². The van der Waals surface area contributed by atoms with E-state index in [1.807, 2.05) is 50.2 Å². The van der Waals surface area contributed by atoms with Gasteiger partial charge in [0.25, 0.3) is 0 Å². The lowest BCUT2D eigenvalue weighted by Gasteiger charge is -2.08. The van der Waals surface area contributed by atoms with Gasteiger partial charge in [-0.25, -0.2) is 9.97 Å². The zero-order valence-electron chi connectivity index (χ0n) is 19.5. The zero-order valence-corrected chi connectivity index (χ0v) is 19.5. The molecule has 0 bridgehead atoms. The number of fused-ring (bicyclic) bond motifs is 2. The molecule has 6 aromatic heterocycles. The number of nitrogens with zero attached hydrogens (tertiary/aromatic N) is 6. The molecule has 0 atom stereocenters. The van der Waals surface area contributed by atoms with Gasteiger partial charge >= 0.3 is 0 Å². The van der Waals surface area contributed by atoms with E-state index in [-0.39, 0.29) is 11.8 Å². The summed E-state index contributed by atoms with van der Waals surface area (Å²) >= 11 is 0. The second kappa shape index (κ2) is 8.66. The number of aromatic nitrogens is 8. The van der Waals surface area contributed by atoms with Crippen LogP contribution >= 0.6 is 0 Å². The number of hydrogen-bond acceptors (Lipinski definition) is 7. The molecular formula is C26H21N9O. The molecule has 0 aliphatic rings. The summed E-state index contributed by atoms with van der Waals surface area (Å²) in [6, 6.07) is 11.4. The summed E-state index contributed by atoms with van der Waals surface area (Å²) in [5.41, 5.74) is 7.31. The Labute approximate surface area is 205 Å². The van der Waals surface area contributed by atoms with Gasteiger partial charge in [0.1, 0.15) is 11.0 Å². The number of amides is 1. The second-order valence-electron chi connectivity index (χ2n) is 8.65. The maximum absolute atomic E-state index is 12.1. The predicted molar refractivity (Wildman–Crippen MR) is 137 cm³/mol. The van der Waals surface area contributed by atoms with Crippen molar-refractivity contribution in [3.05, 3.63) is 67.4 Å². The Bertz CT molecular complexity index is 1720. The Hall–Kier alpha value is -4.99. The van der Waals surface area contributed by atoms with Crippen LogP contribution < -0.4 is 5.32 Å². The van der Waals surface area contributed by atoms with E-state index in [1.54, 1.807) is 31.0 Å². The molecule has 6 aromatic rings. The average Bonchev–Trinajstić information content (AvgIpc) is 3.53. The van der Waals surface area contributed by atoms with E-state index >= 15 is 0 Å². The van der Waals surface area contributed by atoms with Crippen LogP contribution in [0.1, 0.15) is 13.8 Å². The van der Waals surface area contributed by atoms with Gasteiger partial charge in [0, 0.05) is 41.8 Å². The smallest absolute Gasteiger partial charge is 0.226 e. The van der Waals surface area contributed by atoms with Gasteiger partial charge in [-0.3, -0.25) is 24.8 Å². The first kappa shape index (κ1) is 21.5. The quantitative estimate of drug-likeness (QED) is 0.331. The van der Waals surface area contributed by atoms with Crippen molar-refractivity contribution in [2.75, 3.05) is 5.32 Å². The van der Waals surface area contributed by atoms with Gasteiger partial charge in [-0.2, -0.15) is 5.10 Å². The molecule has 6 rings (SSSR count). The van der Waals surface area contributed by atoms with Crippen LogP contribution in [-0.4, -0.2) is 46.0 Å². The Morgan fingerprint density at radius 3 is 2.58 bits per heavy atom. The molecule has 0 spiro atoms. The Balaban J connectivity index is 1.41. The molecule has 0 aromatic carbocycles. The maximum atomic E-state index is 12.1. The molecule has 36 heavy (non-hydrogen) atoms. The summed E-state index contributed by atoms with van der Waals surface area (Å²) in [5, 5.41) is 10.4. The van der Waals surface area contributed by atoms with Crippen LogP contribution in [0.3, 0.4) is 0 Å². The fraction of sp³-hybridized carbons (Fsp3) is 0.115. The third-order valence-corrected chi connectivity index (χ3v) is 5.79. The third-order valence-electron chi connectivity index (χ3n) is 5.79. The summed E-state index contributed by atoms with van der Waals surface area (Å²) in [6.07, 6.45) is 8.56. The van der Waals surface area contributed by atoms with E-state index in [2.05, 4.69) is 35.5 Å². The molecule has 0 fully saturated rings. The fourth-order valence-corrected chi connectivity index (χ4v) is 3.92. The monoisotopic (exact) mass is 475 g/mol. The standard InChI is InChI=1S/C26H21N9O/c1-14(2)26(36)30-17-10-16(12-28-13-17)18-5-6-20-23(31-18)24(35-34-20)25-32-19-7-9-29-21(22(19)33-25)15-4-3-8-27-11-15/h3-14H,1-2H3,(H,30,36)(H,32,33)(H,34,35). The summed E-state index contributed by atoms with van der Waals surface area (Å²) in [7, 11) is 0. The molecule has 0 aliphatic heterocycles. The third kappa shape index (κ3) is 3.84. The van der Waals surface area contributed by atoms with Crippen molar-refractivity contribution in [2.24, 2.45) is 5.92 Å². The van der Waals surface area contributed by atoms with Crippen LogP contribution in [0.25, 0.3) is 56.1 Å². The van der Waals surface area contributed by atoms with E-state index in [4.69, 9.17) is 9.97 Å². The van der Waals surface area contributed by atoms with Gasteiger partial charge in [0.05, 0.1) is 34.3 Å². The molecular weight excluding hydrogens is 454 g/mol. The Kier molecular flexibility index (Phi) is 5.18. The topological polar surface area (TPSA) is 138 Å². The molecule has 6 heterocycles. The number of carbonyl (C=O) groups is 1. The summed E-state index contributed by atoms with van der Waals surface area (Å²) < 4.78 is 0. The Morgan fingerprint density at radius 2 is 1.75 bits per heavy atom. The van der Waals surface area contributed by atoms with Crippen LogP contribution in [0.15, 0.2) is 67.4 Å². The number of hydrogen-bond donors (Lipinski definition) is 3. The minimum absolute atomic E-state index is 0.0699. The summed E-state index contributed by atoms with van der Waals surface area (Å²) in [6.45, 7) is 3.69. The molecule has 10 nitrogen and oxygen atoms in total. The molecule has 1 amide bonds. The number of pyridine rings is 4. The van der Waals surface area contributed by atoms with Crippen LogP contribution in [0.4, 0.5) is 5.69 Å². The SMILES string of the molecule is CC(C)C(=O)Nc1cncc(-c2ccc3[nH]nc(-c4nc5c(-c6cccnc6)nccc5[nH]4)c3n2)c1. The van der Waals surface area contributed by atoms with Crippen molar-refractivity contribution >= 4 is 33.7 Å². The van der Waals surface area contributed by atoms with Crippen molar-refractivity contribution in [1.29, 1.82) is 0 Å². The average molecular weight is 476 g/mol. The lowest BCUT2D eigenvalue weighted by atomic mass is 10.1. The molecule has 0 saturated carbocycles. The van der Waals surface area contributed by atoms with Gasteiger partial charge < -0.3 is 10.3 Å². The minimum Gasteiger partial charge on any atom is -0.336 e. The van der Waals surface area contributed by atoms with E-state index in [1.165, 1.54) is 0 Å². The maximum Gasteiger partial charge on any atom is 0.226 e. The van der Waals surface area contributed by atoms with Gasteiger partial charge in [-0.1, -0.05) is 13.8 Å². The summed E-state index contributed by atoms with van der Waals surface area (Å²) in [4.78, 5) is 38.1. The largest absolute Gasteiger partial charge is 0.336 e. The number of nitrogens with one attached hydrogen (secondary N) is 3. The van der Waals surface area contributed by atoms with Gasteiger partial charge in [-0.05, 0) is 36.4 Å². The number of anilines is 1. The highest BCUT2D eigenvalue weighted by Gasteiger charge is 2.18. The Morgan fingerprint density at radius 1 is 0.889 bits per heavy atom. The molecule has 0 radical (unpaired) electrons. The minimum atomic E-state index is -0.130. The zero-order chi connectivity index (χ0) is 24.6. The molecule has 0 saturated heterocycles. The number of H-pyrrole nitrogens is 2. The molecule has 3 N–H and O–H groups in total. The van der Waals surface area contributed by atoms with Gasteiger partial charge in [0.15, 0.2) is 11.5 Å². The molecule has 0 aliphatic carbocycles. The van der Waals surface area contributed by atoms with E-state index in [0.717, 1.165) is 33.4 Å². The number of carbonyl (C=O) groups excluding carboxylic acids is 1. The van der Waals surface area contributed by atoms with Crippen LogP contribution in [-0.2, 0) is 4.79 Å². The number of aromatic amines is 2. The van der Waals surface area contributed by atoms with Gasteiger partial charge in [-0.15, -0.1) is 0 Å². The molecule has 176 valence electrons. The summed E-state index contributed by atoms with van der Waals surface area (Å²) in [5.74, 6) is 0.379. The highest BCUT2D eigenvalue weighted by atomic mass is 16.1. The van der Waals surface area contributed by atoms with Crippen LogP contribution in [0.2, 0.25) is 0 Å². The van der Waals surface area contributed by atoms with E-state index in [0.29, 0.717) is 28.4 Å². The van der Waals surface area contributed by atoms with E-state index < -0.39 is 0 Å². The highest BCUT2D eigenvalue weighted by Crippen LogP contribution is 2.30. The predicted octanol–water partition coefficient (Wildman–Crippen LogP) is 4.61. The van der Waals surface area contributed by atoms with Crippen molar-refractivity contribution < 1.29 is 4.79 Å². The van der Waals surface area contributed by atoms with Crippen molar-refractivity contribution in [1.82, 2.24) is 40.1 Å². The molecule has 10 heteroatoms. The number of rotatable bonds is 5. The number of imidazole rings is 1.